The minimum atomic E-state index is -0.295. The topological polar surface area (TPSA) is 89.1 Å². The van der Waals surface area contributed by atoms with Crippen molar-refractivity contribution in [3.05, 3.63) is 33.9 Å². The van der Waals surface area contributed by atoms with E-state index in [1.165, 1.54) is 0 Å². The van der Waals surface area contributed by atoms with Crippen LogP contribution in [0.1, 0.15) is 53.7 Å². The third kappa shape index (κ3) is 5.61. The van der Waals surface area contributed by atoms with Gasteiger partial charge in [0.1, 0.15) is 19.0 Å². The number of nitrogens with one attached hydrogen (secondary N) is 2. The molecule has 0 aromatic heterocycles. The lowest BCUT2D eigenvalue weighted by Gasteiger charge is -2.19. The van der Waals surface area contributed by atoms with Crippen LogP contribution in [0.4, 0.5) is 5.69 Å². The molecule has 176 valence electrons. The van der Waals surface area contributed by atoms with E-state index < -0.39 is 0 Å². The Hall–Kier alpha value is -2.58. The Morgan fingerprint density at radius 3 is 2.84 bits per heavy atom. The van der Waals surface area contributed by atoms with Gasteiger partial charge in [0.15, 0.2) is 0 Å². The summed E-state index contributed by atoms with van der Waals surface area (Å²) < 4.78 is 16.4. The lowest BCUT2D eigenvalue weighted by molar-refractivity contribution is -0.143. The quantitative estimate of drug-likeness (QED) is 0.397. The van der Waals surface area contributed by atoms with Gasteiger partial charge in [-0.2, -0.15) is 0 Å². The molecule has 32 heavy (non-hydrogen) atoms. The van der Waals surface area contributed by atoms with Crippen molar-refractivity contribution in [2.24, 2.45) is 0 Å². The van der Waals surface area contributed by atoms with Crippen LogP contribution in [0.3, 0.4) is 0 Å². The third-order valence-corrected chi connectivity index (χ3v) is 6.02. The largest absolute Gasteiger partial charge is 0.496 e. The lowest BCUT2D eigenvalue weighted by Crippen LogP contribution is -2.27. The molecule has 1 aromatic carbocycles. The molecule has 2 aliphatic heterocycles. The number of ether oxygens (including phenoxy) is 3. The van der Waals surface area contributed by atoms with E-state index in [1.807, 2.05) is 20.8 Å². The molecule has 1 aromatic rings. The van der Waals surface area contributed by atoms with Gasteiger partial charge in [0, 0.05) is 50.4 Å². The van der Waals surface area contributed by atoms with E-state index in [0.29, 0.717) is 38.0 Å². The normalized spacial score (nSPS) is 16.1. The molecule has 2 N–H and O–H groups in total. The van der Waals surface area contributed by atoms with Crippen LogP contribution in [0.25, 0.3) is 0 Å². The molecule has 2 aliphatic rings. The average Bonchev–Trinajstić information content (AvgIpc) is 3.43. The first kappa shape index (κ1) is 24.1. The third-order valence-electron chi connectivity index (χ3n) is 6.02. The summed E-state index contributed by atoms with van der Waals surface area (Å²) in [5, 5.41) is 6.59. The number of hydrogen-bond acceptors (Lipinski definition) is 8. The van der Waals surface area contributed by atoms with Gasteiger partial charge in [-0.15, -0.1) is 0 Å². The Labute approximate surface area is 190 Å². The summed E-state index contributed by atoms with van der Waals surface area (Å²) in [6, 6.07) is 0. The summed E-state index contributed by atoms with van der Waals surface area (Å²) in [6.45, 7) is 11.0. The van der Waals surface area contributed by atoms with Crippen molar-refractivity contribution in [1.29, 1.82) is 0 Å². The van der Waals surface area contributed by atoms with Gasteiger partial charge >= 0.3 is 11.9 Å². The number of nitrogens with zero attached hydrogens (tertiary/aromatic N) is 1. The number of fused-ring (bicyclic) bond motifs is 1. The van der Waals surface area contributed by atoms with E-state index in [4.69, 9.17) is 14.2 Å². The fourth-order valence-corrected chi connectivity index (χ4v) is 4.21. The SMILES string of the molecule is CCNc1c(CC=C(C)CCC(=O)OCCN2CCNC2)c(OC)c(C)c2c1C(=O)OC2. The molecule has 0 atom stereocenters. The van der Waals surface area contributed by atoms with Gasteiger partial charge < -0.3 is 24.8 Å². The maximum Gasteiger partial charge on any atom is 0.341 e. The molecule has 0 radical (unpaired) electrons. The first-order valence-electron chi connectivity index (χ1n) is 11.3. The molecule has 1 fully saturated rings. The van der Waals surface area contributed by atoms with Crippen LogP contribution in [0, 0.1) is 6.92 Å². The second-order valence-electron chi connectivity index (χ2n) is 8.22. The van der Waals surface area contributed by atoms with Gasteiger partial charge in [0.2, 0.25) is 0 Å². The van der Waals surface area contributed by atoms with Crippen molar-refractivity contribution in [3.8, 4) is 5.75 Å². The zero-order chi connectivity index (χ0) is 23.1. The smallest absolute Gasteiger partial charge is 0.341 e. The number of carbonyl (C=O) groups is 2. The van der Waals surface area contributed by atoms with Crippen molar-refractivity contribution in [1.82, 2.24) is 10.2 Å². The number of esters is 2. The van der Waals surface area contributed by atoms with Gasteiger partial charge in [0.05, 0.1) is 18.4 Å². The molecule has 8 nitrogen and oxygen atoms in total. The maximum atomic E-state index is 12.4. The van der Waals surface area contributed by atoms with E-state index in [-0.39, 0.29) is 18.5 Å². The predicted molar refractivity (Wildman–Crippen MR) is 123 cm³/mol. The molecule has 8 heteroatoms. The Morgan fingerprint density at radius 2 is 2.16 bits per heavy atom. The molecule has 0 saturated carbocycles. The van der Waals surface area contributed by atoms with Gasteiger partial charge in [-0.25, -0.2) is 4.79 Å². The Kier molecular flexibility index (Phi) is 8.53. The maximum absolute atomic E-state index is 12.4. The second-order valence-corrected chi connectivity index (χ2v) is 8.22. The first-order valence-corrected chi connectivity index (χ1v) is 11.3. The van der Waals surface area contributed by atoms with Crippen LogP contribution in [0.15, 0.2) is 11.6 Å². The molecule has 0 amide bonds. The number of cyclic esters (lactones) is 1. The van der Waals surface area contributed by atoms with Crippen LogP contribution in [0.5, 0.6) is 5.75 Å². The van der Waals surface area contributed by atoms with Crippen LogP contribution in [-0.2, 0) is 27.3 Å². The average molecular weight is 446 g/mol. The van der Waals surface area contributed by atoms with Gasteiger partial charge in [-0.1, -0.05) is 11.6 Å². The Balaban J connectivity index is 1.63. The molecule has 0 spiro atoms. The predicted octanol–water partition coefficient (Wildman–Crippen LogP) is 2.78. The number of methoxy groups -OCH3 is 1. The highest BCUT2D eigenvalue weighted by Gasteiger charge is 2.31. The zero-order valence-corrected chi connectivity index (χ0v) is 19.6. The van der Waals surface area contributed by atoms with Crippen molar-refractivity contribution in [2.75, 3.05) is 51.9 Å². The Morgan fingerprint density at radius 1 is 1.34 bits per heavy atom. The number of benzene rings is 1. The molecule has 1 saturated heterocycles. The second kappa shape index (κ2) is 11.3. The summed E-state index contributed by atoms with van der Waals surface area (Å²) in [7, 11) is 1.65. The Bertz CT molecular complexity index is 875. The highest BCUT2D eigenvalue weighted by molar-refractivity contribution is 6.01. The summed E-state index contributed by atoms with van der Waals surface area (Å²) in [4.78, 5) is 26.7. The highest BCUT2D eigenvalue weighted by Crippen LogP contribution is 2.41. The van der Waals surface area contributed by atoms with Crippen molar-refractivity contribution in [2.45, 2.75) is 46.6 Å². The molecular weight excluding hydrogens is 410 g/mol. The van der Waals surface area contributed by atoms with Crippen molar-refractivity contribution in [3.63, 3.8) is 0 Å². The molecule has 3 rings (SSSR count). The summed E-state index contributed by atoms with van der Waals surface area (Å²) in [5.74, 6) is 0.306. The summed E-state index contributed by atoms with van der Waals surface area (Å²) >= 11 is 0. The standard InChI is InChI=1S/C24H35N3O5/c1-5-26-22-18(23(30-4)17(3)19-14-32-24(29)21(19)22)8-6-16(2)7-9-20(28)31-13-12-27-11-10-25-15-27/h6,25-26H,5,7-15H2,1-4H3. The van der Waals surface area contributed by atoms with Gasteiger partial charge in [-0.3, -0.25) is 9.69 Å². The van der Waals surface area contributed by atoms with E-state index in [0.717, 1.165) is 60.0 Å². The number of hydrogen-bond donors (Lipinski definition) is 2. The zero-order valence-electron chi connectivity index (χ0n) is 19.6. The van der Waals surface area contributed by atoms with E-state index in [9.17, 15) is 9.59 Å². The minimum absolute atomic E-state index is 0.174. The van der Waals surface area contributed by atoms with Crippen LogP contribution < -0.4 is 15.4 Å². The van der Waals surface area contributed by atoms with Crippen molar-refractivity contribution < 1.29 is 23.8 Å². The number of rotatable bonds is 11. The molecule has 0 aliphatic carbocycles. The van der Waals surface area contributed by atoms with Crippen LogP contribution in [0.2, 0.25) is 0 Å². The first-order chi connectivity index (χ1) is 15.5. The van der Waals surface area contributed by atoms with Crippen LogP contribution >= 0.6 is 0 Å². The molecule has 0 bridgehead atoms. The molecular formula is C24H35N3O5. The highest BCUT2D eigenvalue weighted by atomic mass is 16.5. The van der Waals surface area contributed by atoms with E-state index >= 15 is 0 Å². The summed E-state index contributed by atoms with van der Waals surface area (Å²) in [5.41, 5.74) is 5.25. The van der Waals surface area contributed by atoms with E-state index in [1.54, 1.807) is 7.11 Å². The summed E-state index contributed by atoms with van der Waals surface area (Å²) in [6.07, 6.45) is 3.67. The fourth-order valence-electron chi connectivity index (χ4n) is 4.21. The van der Waals surface area contributed by atoms with Gasteiger partial charge in [0.25, 0.3) is 0 Å². The van der Waals surface area contributed by atoms with Crippen LogP contribution in [-0.4, -0.2) is 63.4 Å². The lowest BCUT2D eigenvalue weighted by atomic mass is 9.93. The number of anilines is 1. The monoisotopic (exact) mass is 445 g/mol. The van der Waals surface area contributed by atoms with Gasteiger partial charge in [-0.05, 0) is 39.2 Å². The minimum Gasteiger partial charge on any atom is -0.496 e. The number of allylic oxidation sites excluding steroid dienone is 2. The van der Waals surface area contributed by atoms with E-state index in [2.05, 4.69) is 21.6 Å². The molecule has 0 unspecified atom stereocenters. The fraction of sp³-hybridized carbons (Fsp3) is 0.583. The van der Waals surface area contributed by atoms with Crippen molar-refractivity contribution >= 4 is 17.6 Å². The number of carbonyl (C=O) groups excluding carboxylic acids is 2. The molecule has 2 heterocycles.